The second-order valence-corrected chi connectivity index (χ2v) is 9.15. The largest absolute Gasteiger partial charge is 0.461 e. The molecule has 4 rings (SSSR count). The molecule has 0 radical (unpaired) electrons. The molecule has 6 nitrogen and oxygen atoms in total. The van der Waals surface area contributed by atoms with E-state index in [0.717, 1.165) is 38.4 Å². The Labute approximate surface area is 208 Å². The minimum atomic E-state index is -0.396. The van der Waals surface area contributed by atoms with Crippen LogP contribution < -0.4 is 4.90 Å². The number of ether oxygens (including phenoxy) is 1. The van der Waals surface area contributed by atoms with Crippen molar-refractivity contribution in [3.05, 3.63) is 81.3 Å². The Morgan fingerprint density at radius 1 is 1.06 bits per heavy atom. The van der Waals surface area contributed by atoms with Crippen LogP contribution in [-0.4, -0.2) is 53.2 Å². The van der Waals surface area contributed by atoms with Crippen molar-refractivity contribution in [2.24, 2.45) is 0 Å². The minimum Gasteiger partial charge on any atom is -0.461 e. The fourth-order valence-electron chi connectivity index (χ4n) is 4.07. The first-order valence-corrected chi connectivity index (χ1v) is 12.0. The second-order valence-electron chi connectivity index (χ2n) is 7.87. The topological polar surface area (TPSA) is 50.6 Å². The van der Waals surface area contributed by atoms with Crippen molar-refractivity contribution in [2.75, 3.05) is 37.7 Å². The van der Waals surface area contributed by atoms with Crippen LogP contribution in [0.1, 0.15) is 29.0 Å². The number of esters is 1. The molecule has 0 saturated carbocycles. The molecule has 0 N–H and O–H groups in total. The summed E-state index contributed by atoms with van der Waals surface area (Å²) in [5, 5.41) is 1.97. The highest BCUT2D eigenvalue weighted by atomic mass is 35.5. The predicted octanol–water partition coefficient (Wildman–Crippen LogP) is 5.58. The third kappa shape index (κ3) is 5.82. The summed E-state index contributed by atoms with van der Waals surface area (Å²) in [5.74, 6) is -0.396. The molecule has 1 saturated heterocycles. The van der Waals surface area contributed by atoms with E-state index in [9.17, 15) is 4.79 Å². The van der Waals surface area contributed by atoms with Gasteiger partial charge in [-0.15, -0.1) is 0 Å². The number of halogens is 3. The molecule has 33 heavy (non-hydrogen) atoms. The van der Waals surface area contributed by atoms with E-state index >= 15 is 0 Å². The monoisotopic (exact) mass is 506 g/mol. The van der Waals surface area contributed by atoms with Crippen LogP contribution in [0.4, 0.5) is 5.69 Å². The number of anilines is 1. The summed E-state index contributed by atoms with van der Waals surface area (Å²) >= 11 is 18.8. The van der Waals surface area contributed by atoms with Crippen molar-refractivity contribution < 1.29 is 9.53 Å². The van der Waals surface area contributed by atoms with E-state index in [1.54, 1.807) is 25.5 Å². The zero-order chi connectivity index (χ0) is 23.4. The lowest BCUT2D eigenvalue weighted by Gasteiger charge is -2.43. The molecule has 174 valence electrons. The van der Waals surface area contributed by atoms with Gasteiger partial charge >= 0.3 is 5.97 Å². The number of carbonyl (C=O) groups is 1. The zero-order valence-corrected chi connectivity index (χ0v) is 20.5. The smallest absolute Gasteiger partial charge is 0.358 e. The van der Waals surface area contributed by atoms with E-state index in [-0.39, 0.29) is 6.04 Å². The van der Waals surface area contributed by atoms with Gasteiger partial charge in [0.05, 0.1) is 29.7 Å². The summed E-state index contributed by atoms with van der Waals surface area (Å²) in [5.41, 5.74) is 2.47. The summed E-state index contributed by atoms with van der Waals surface area (Å²) in [7, 11) is 0. The van der Waals surface area contributed by atoms with Crippen LogP contribution in [-0.2, 0) is 11.3 Å². The van der Waals surface area contributed by atoms with Crippen molar-refractivity contribution in [3.8, 4) is 0 Å². The molecule has 0 bridgehead atoms. The number of rotatable bonds is 7. The molecule has 9 heteroatoms. The molecule has 1 aliphatic rings. The fraction of sp³-hybridized carbons (Fsp3) is 0.333. The lowest BCUT2D eigenvalue weighted by molar-refractivity contribution is 0.0520. The lowest BCUT2D eigenvalue weighted by Crippen LogP contribution is -2.49. The molecule has 2 aromatic carbocycles. The van der Waals surface area contributed by atoms with Gasteiger partial charge in [-0.2, -0.15) is 0 Å². The Balaban J connectivity index is 1.49. The normalized spacial score (nSPS) is 16.7. The molecule has 0 aliphatic carbocycles. The van der Waals surface area contributed by atoms with Crippen LogP contribution in [0.2, 0.25) is 15.1 Å². The Morgan fingerprint density at radius 2 is 1.82 bits per heavy atom. The zero-order valence-electron chi connectivity index (χ0n) is 18.3. The SMILES string of the molecule is CCOC(=O)c1cn(CCN2CCN(c3ccc(Cl)cc3Cl)[C@H](c3ccc(Cl)cc3)C2)cn1. The molecule has 0 amide bonds. The fourth-order valence-corrected chi connectivity index (χ4v) is 4.71. The van der Waals surface area contributed by atoms with Gasteiger partial charge in [0.1, 0.15) is 0 Å². The highest BCUT2D eigenvalue weighted by Crippen LogP contribution is 2.36. The quantitative estimate of drug-likeness (QED) is 0.391. The number of carbonyl (C=O) groups excluding carboxylic acids is 1. The maximum Gasteiger partial charge on any atom is 0.358 e. The van der Waals surface area contributed by atoms with Gasteiger partial charge in [0.2, 0.25) is 0 Å². The number of piperazine rings is 1. The molecule has 1 fully saturated rings. The van der Waals surface area contributed by atoms with Crippen LogP contribution in [0.25, 0.3) is 0 Å². The van der Waals surface area contributed by atoms with Crippen molar-refractivity contribution >= 4 is 46.5 Å². The molecule has 0 unspecified atom stereocenters. The number of nitrogens with zero attached hydrogens (tertiary/aromatic N) is 4. The Morgan fingerprint density at radius 3 is 2.55 bits per heavy atom. The second kappa shape index (κ2) is 10.8. The lowest BCUT2D eigenvalue weighted by atomic mass is 10.0. The third-order valence-electron chi connectivity index (χ3n) is 5.73. The van der Waals surface area contributed by atoms with E-state index in [0.29, 0.717) is 27.4 Å². The molecule has 1 atom stereocenters. The average molecular weight is 508 g/mol. The summed E-state index contributed by atoms with van der Waals surface area (Å²) in [6.07, 6.45) is 3.41. The molecular weight excluding hydrogens is 483 g/mol. The molecule has 2 heterocycles. The number of imidazole rings is 1. The van der Waals surface area contributed by atoms with Crippen molar-refractivity contribution in [1.29, 1.82) is 0 Å². The van der Waals surface area contributed by atoms with Gasteiger partial charge in [0.15, 0.2) is 5.69 Å². The van der Waals surface area contributed by atoms with Crippen LogP contribution in [0.5, 0.6) is 0 Å². The first-order chi connectivity index (χ1) is 15.9. The summed E-state index contributed by atoms with van der Waals surface area (Å²) in [6.45, 7) is 6.17. The summed E-state index contributed by atoms with van der Waals surface area (Å²) in [6, 6.07) is 13.7. The number of hydrogen-bond donors (Lipinski definition) is 0. The van der Waals surface area contributed by atoms with Gasteiger partial charge in [-0.3, -0.25) is 4.90 Å². The molecule has 3 aromatic rings. The summed E-state index contributed by atoms with van der Waals surface area (Å²) < 4.78 is 6.94. The van der Waals surface area contributed by atoms with E-state index in [1.807, 2.05) is 28.8 Å². The van der Waals surface area contributed by atoms with Gasteiger partial charge in [-0.1, -0.05) is 46.9 Å². The van der Waals surface area contributed by atoms with Gasteiger partial charge in [0.25, 0.3) is 0 Å². The van der Waals surface area contributed by atoms with Crippen LogP contribution in [0, 0.1) is 0 Å². The van der Waals surface area contributed by atoms with Crippen molar-refractivity contribution in [1.82, 2.24) is 14.5 Å². The Bertz CT molecular complexity index is 1100. The van der Waals surface area contributed by atoms with E-state index < -0.39 is 5.97 Å². The first kappa shape index (κ1) is 23.9. The minimum absolute atomic E-state index is 0.104. The number of aromatic nitrogens is 2. The van der Waals surface area contributed by atoms with E-state index in [1.165, 1.54) is 5.56 Å². The predicted molar refractivity (Wildman–Crippen MR) is 133 cm³/mol. The average Bonchev–Trinajstić information content (AvgIpc) is 3.28. The van der Waals surface area contributed by atoms with Gasteiger partial charge in [-0.25, -0.2) is 9.78 Å². The first-order valence-electron chi connectivity index (χ1n) is 10.8. The number of benzene rings is 2. The van der Waals surface area contributed by atoms with Crippen LogP contribution >= 0.6 is 34.8 Å². The Hall–Kier alpha value is -2.25. The summed E-state index contributed by atoms with van der Waals surface area (Å²) in [4.78, 5) is 20.8. The highest BCUT2D eigenvalue weighted by molar-refractivity contribution is 6.36. The molecular formula is C24H25Cl3N4O2. The third-order valence-corrected chi connectivity index (χ3v) is 6.52. The van der Waals surface area contributed by atoms with E-state index in [4.69, 9.17) is 39.5 Å². The van der Waals surface area contributed by atoms with Gasteiger partial charge in [0, 0.05) is 49.0 Å². The standard InChI is InChI=1S/C24H25Cl3N4O2/c1-2-33-24(32)21-14-30(16-28-21)10-9-29-11-12-31(22-8-7-19(26)13-20(22)27)23(15-29)17-3-5-18(25)6-4-17/h3-8,13-14,16,23H,2,9-12,15H2,1H3/t23-/m0/s1. The number of hydrogen-bond acceptors (Lipinski definition) is 5. The Kier molecular flexibility index (Phi) is 7.81. The molecule has 0 spiro atoms. The maximum atomic E-state index is 11.9. The van der Waals surface area contributed by atoms with Crippen LogP contribution in [0.15, 0.2) is 55.0 Å². The van der Waals surface area contributed by atoms with Gasteiger partial charge < -0.3 is 14.2 Å². The maximum absolute atomic E-state index is 11.9. The molecule has 1 aromatic heterocycles. The van der Waals surface area contributed by atoms with Crippen molar-refractivity contribution in [2.45, 2.75) is 19.5 Å². The van der Waals surface area contributed by atoms with Gasteiger partial charge in [-0.05, 0) is 42.8 Å². The van der Waals surface area contributed by atoms with Crippen molar-refractivity contribution in [3.63, 3.8) is 0 Å². The van der Waals surface area contributed by atoms with Crippen LogP contribution in [0.3, 0.4) is 0 Å². The van der Waals surface area contributed by atoms with E-state index in [2.05, 4.69) is 26.9 Å². The molecule has 1 aliphatic heterocycles. The highest BCUT2D eigenvalue weighted by Gasteiger charge is 2.29.